The zero-order chi connectivity index (χ0) is 12.4. The normalized spacial score (nSPS) is 10.5. The van der Waals surface area contributed by atoms with Crippen LogP contribution >= 0.6 is 11.6 Å². The molecule has 2 rings (SSSR count). The third-order valence-corrected chi connectivity index (χ3v) is 3.10. The van der Waals surface area contributed by atoms with Gasteiger partial charge in [-0.1, -0.05) is 18.5 Å². The van der Waals surface area contributed by atoms with Gasteiger partial charge >= 0.3 is 0 Å². The van der Waals surface area contributed by atoms with Gasteiger partial charge in [0.25, 0.3) is 0 Å². The summed E-state index contributed by atoms with van der Waals surface area (Å²) >= 11 is 6.05. The summed E-state index contributed by atoms with van der Waals surface area (Å²) in [6, 6.07) is 5.49. The Balaban J connectivity index is 2.58. The maximum Gasteiger partial charge on any atom is 0.224 e. The van der Waals surface area contributed by atoms with Crippen LogP contribution in [0.25, 0.3) is 10.9 Å². The third kappa shape index (κ3) is 2.24. The molecular formula is C13H13ClN2O. The zero-order valence-electron chi connectivity index (χ0n) is 9.75. The van der Waals surface area contributed by atoms with Gasteiger partial charge in [0.15, 0.2) is 0 Å². The Labute approximate surface area is 105 Å². The first-order valence-electron chi connectivity index (χ1n) is 5.47. The Morgan fingerprint density at radius 3 is 2.88 bits per heavy atom. The Morgan fingerprint density at radius 2 is 2.18 bits per heavy atom. The summed E-state index contributed by atoms with van der Waals surface area (Å²) in [5, 5.41) is 4.46. The molecule has 2 aromatic rings. The second kappa shape index (κ2) is 4.72. The predicted octanol–water partition coefficient (Wildman–Crippen LogP) is 3.55. The van der Waals surface area contributed by atoms with Gasteiger partial charge in [-0.2, -0.15) is 0 Å². The molecule has 1 aromatic heterocycles. The molecule has 0 radical (unpaired) electrons. The number of hydrogen-bond acceptors (Lipinski definition) is 2. The Morgan fingerprint density at radius 1 is 1.41 bits per heavy atom. The number of carbonyl (C=O) groups excluding carboxylic acids is 1. The summed E-state index contributed by atoms with van der Waals surface area (Å²) in [7, 11) is 0. The monoisotopic (exact) mass is 248 g/mol. The fourth-order valence-electron chi connectivity index (χ4n) is 1.68. The van der Waals surface area contributed by atoms with Crippen LogP contribution in [-0.4, -0.2) is 10.9 Å². The molecule has 0 aliphatic rings. The smallest absolute Gasteiger partial charge is 0.224 e. The van der Waals surface area contributed by atoms with E-state index in [1.807, 2.05) is 26.0 Å². The van der Waals surface area contributed by atoms with E-state index in [0.717, 1.165) is 22.2 Å². The molecule has 0 saturated carbocycles. The summed E-state index contributed by atoms with van der Waals surface area (Å²) in [6.07, 6.45) is 2.13. The molecular weight excluding hydrogens is 236 g/mol. The molecule has 1 aromatic carbocycles. The van der Waals surface area contributed by atoms with Crippen LogP contribution in [0.1, 0.15) is 18.9 Å². The highest BCUT2D eigenvalue weighted by Crippen LogP contribution is 2.28. The van der Waals surface area contributed by atoms with Crippen molar-refractivity contribution < 1.29 is 4.79 Å². The molecule has 0 aliphatic carbocycles. The van der Waals surface area contributed by atoms with Crippen molar-refractivity contribution in [3.8, 4) is 0 Å². The lowest BCUT2D eigenvalue weighted by molar-refractivity contribution is -0.115. The summed E-state index contributed by atoms with van der Waals surface area (Å²) in [6.45, 7) is 3.74. The number of hydrogen-bond donors (Lipinski definition) is 1. The number of pyridine rings is 1. The summed E-state index contributed by atoms with van der Waals surface area (Å²) in [5.41, 5.74) is 2.53. The summed E-state index contributed by atoms with van der Waals surface area (Å²) in [5.74, 6) is -0.00916. The Hall–Kier alpha value is -1.61. The molecule has 0 fully saturated rings. The first-order chi connectivity index (χ1) is 8.13. The lowest BCUT2D eigenvalue weighted by atomic mass is 10.1. The van der Waals surface area contributed by atoms with Crippen LogP contribution in [0.15, 0.2) is 24.4 Å². The van der Waals surface area contributed by atoms with Crippen molar-refractivity contribution in [3.05, 3.63) is 35.0 Å². The first-order valence-corrected chi connectivity index (χ1v) is 5.85. The van der Waals surface area contributed by atoms with Gasteiger partial charge in [0, 0.05) is 23.0 Å². The van der Waals surface area contributed by atoms with E-state index in [4.69, 9.17) is 11.6 Å². The maximum atomic E-state index is 11.4. The van der Waals surface area contributed by atoms with Crippen molar-refractivity contribution in [2.45, 2.75) is 20.3 Å². The number of amides is 1. The van der Waals surface area contributed by atoms with E-state index in [9.17, 15) is 4.79 Å². The van der Waals surface area contributed by atoms with E-state index in [1.165, 1.54) is 0 Å². The molecule has 88 valence electrons. The fraction of sp³-hybridized carbons (Fsp3) is 0.231. The number of benzene rings is 1. The van der Waals surface area contributed by atoms with Gasteiger partial charge in [0.2, 0.25) is 5.91 Å². The van der Waals surface area contributed by atoms with E-state index >= 15 is 0 Å². The van der Waals surface area contributed by atoms with E-state index < -0.39 is 0 Å². The molecule has 1 N–H and O–H groups in total. The van der Waals surface area contributed by atoms with E-state index in [1.54, 1.807) is 12.3 Å². The number of nitrogens with one attached hydrogen (secondary N) is 1. The van der Waals surface area contributed by atoms with Crippen LogP contribution in [0.2, 0.25) is 5.02 Å². The molecule has 17 heavy (non-hydrogen) atoms. The van der Waals surface area contributed by atoms with Gasteiger partial charge < -0.3 is 5.32 Å². The van der Waals surface area contributed by atoms with Crippen molar-refractivity contribution in [1.29, 1.82) is 0 Å². The van der Waals surface area contributed by atoms with Gasteiger partial charge in [0.05, 0.1) is 11.2 Å². The average Bonchev–Trinajstić information content (AvgIpc) is 2.34. The minimum absolute atomic E-state index is 0.00916. The number of fused-ring (bicyclic) bond motifs is 1. The second-order valence-corrected chi connectivity index (χ2v) is 4.24. The second-order valence-electron chi connectivity index (χ2n) is 3.83. The lowest BCUT2D eigenvalue weighted by Gasteiger charge is -2.09. The molecule has 3 nitrogen and oxygen atoms in total. The van der Waals surface area contributed by atoms with Crippen LogP contribution in [0.5, 0.6) is 0 Å². The van der Waals surface area contributed by atoms with E-state index in [-0.39, 0.29) is 5.91 Å². The van der Waals surface area contributed by atoms with Crippen molar-refractivity contribution in [2.75, 3.05) is 5.32 Å². The fourth-order valence-corrected chi connectivity index (χ4v) is 1.84. The molecule has 0 spiro atoms. The topological polar surface area (TPSA) is 42.0 Å². The summed E-state index contributed by atoms with van der Waals surface area (Å²) in [4.78, 5) is 15.7. The maximum absolute atomic E-state index is 11.4. The number of anilines is 1. The zero-order valence-corrected chi connectivity index (χ0v) is 10.5. The van der Waals surface area contributed by atoms with Crippen LogP contribution in [0.4, 0.5) is 5.69 Å². The Kier molecular flexibility index (Phi) is 3.29. The van der Waals surface area contributed by atoms with Gasteiger partial charge in [-0.3, -0.25) is 9.78 Å². The van der Waals surface area contributed by atoms with Crippen LogP contribution < -0.4 is 5.32 Å². The first kappa shape index (κ1) is 11.9. The standard InChI is InChI=1S/C13H13ClN2O/c1-3-12(17)16-11-6-7-15-13-8(2)10(14)5-4-9(11)13/h4-7H,3H2,1-2H3,(H,15,16,17). The van der Waals surface area contributed by atoms with Crippen LogP contribution in [-0.2, 0) is 4.79 Å². The molecule has 0 unspecified atom stereocenters. The van der Waals surface area contributed by atoms with E-state index in [0.29, 0.717) is 11.4 Å². The Bertz CT molecular complexity index is 581. The van der Waals surface area contributed by atoms with Crippen molar-refractivity contribution in [2.24, 2.45) is 0 Å². The van der Waals surface area contributed by atoms with Crippen molar-refractivity contribution in [3.63, 3.8) is 0 Å². The average molecular weight is 249 g/mol. The van der Waals surface area contributed by atoms with E-state index in [2.05, 4.69) is 10.3 Å². The number of aryl methyl sites for hydroxylation is 1. The molecule has 0 saturated heterocycles. The number of carbonyl (C=O) groups is 1. The van der Waals surface area contributed by atoms with Gasteiger partial charge in [-0.25, -0.2) is 0 Å². The highest BCUT2D eigenvalue weighted by Gasteiger charge is 2.08. The van der Waals surface area contributed by atoms with Crippen molar-refractivity contribution in [1.82, 2.24) is 4.98 Å². The molecule has 0 aliphatic heterocycles. The van der Waals surface area contributed by atoms with Gasteiger partial charge in [-0.15, -0.1) is 0 Å². The molecule has 1 heterocycles. The number of rotatable bonds is 2. The quantitative estimate of drug-likeness (QED) is 0.883. The highest BCUT2D eigenvalue weighted by molar-refractivity contribution is 6.32. The number of halogens is 1. The number of aromatic nitrogens is 1. The van der Waals surface area contributed by atoms with Crippen LogP contribution in [0.3, 0.4) is 0 Å². The molecule has 0 atom stereocenters. The summed E-state index contributed by atoms with van der Waals surface area (Å²) < 4.78 is 0. The number of nitrogens with zero attached hydrogens (tertiary/aromatic N) is 1. The van der Waals surface area contributed by atoms with Crippen molar-refractivity contribution >= 4 is 34.1 Å². The largest absolute Gasteiger partial charge is 0.325 e. The van der Waals surface area contributed by atoms with Gasteiger partial charge in [-0.05, 0) is 30.7 Å². The molecule has 0 bridgehead atoms. The highest BCUT2D eigenvalue weighted by atomic mass is 35.5. The molecule has 1 amide bonds. The van der Waals surface area contributed by atoms with Gasteiger partial charge in [0.1, 0.15) is 0 Å². The molecule has 4 heteroatoms. The SMILES string of the molecule is CCC(=O)Nc1ccnc2c(C)c(Cl)ccc12. The van der Waals surface area contributed by atoms with Crippen LogP contribution in [0, 0.1) is 6.92 Å². The minimum atomic E-state index is -0.00916. The third-order valence-electron chi connectivity index (χ3n) is 2.70. The minimum Gasteiger partial charge on any atom is -0.325 e. The predicted molar refractivity (Wildman–Crippen MR) is 70.4 cm³/mol. The lowest BCUT2D eigenvalue weighted by Crippen LogP contribution is -2.09.